The van der Waals surface area contributed by atoms with Crippen LogP contribution in [0.3, 0.4) is 0 Å². The van der Waals surface area contributed by atoms with Crippen molar-refractivity contribution < 1.29 is 9.15 Å². The molecule has 22 heavy (non-hydrogen) atoms. The first kappa shape index (κ1) is 16.6. The Hall–Kier alpha value is -1.74. The zero-order chi connectivity index (χ0) is 16.1. The van der Waals surface area contributed by atoms with Gasteiger partial charge < -0.3 is 9.15 Å². The van der Waals surface area contributed by atoms with E-state index in [2.05, 4.69) is 43.9 Å². The van der Waals surface area contributed by atoms with Crippen LogP contribution in [0, 0.1) is 13.8 Å². The molecule has 0 fully saturated rings. The van der Waals surface area contributed by atoms with Gasteiger partial charge in [0.15, 0.2) is 0 Å². The minimum atomic E-state index is 0.462. The first-order chi connectivity index (χ1) is 10.5. The molecule has 2 aromatic rings. The highest BCUT2D eigenvalue weighted by Gasteiger charge is 2.15. The van der Waals surface area contributed by atoms with Crippen LogP contribution in [0.1, 0.15) is 36.5 Å². The van der Waals surface area contributed by atoms with Crippen LogP contribution in [0.2, 0.25) is 0 Å². The second-order valence-electron chi connectivity index (χ2n) is 5.92. The number of benzene rings is 1. The fourth-order valence-electron chi connectivity index (χ4n) is 2.74. The monoisotopic (exact) mass is 301 g/mol. The fraction of sp³-hybridized carbons (Fsp3) is 0.474. The predicted molar refractivity (Wildman–Crippen MR) is 90.4 cm³/mol. The van der Waals surface area contributed by atoms with E-state index in [-0.39, 0.29) is 0 Å². The van der Waals surface area contributed by atoms with Crippen molar-refractivity contribution in [3.8, 4) is 5.75 Å². The first-order valence-corrected chi connectivity index (χ1v) is 7.96. The highest BCUT2D eigenvalue weighted by Crippen LogP contribution is 2.18. The second-order valence-corrected chi connectivity index (χ2v) is 5.92. The molecule has 1 aromatic carbocycles. The third-order valence-corrected chi connectivity index (χ3v) is 4.30. The average molecular weight is 301 g/mol. The molecular weight excluding hydrogens is 274 g/mol. The lowest BCUT2D eigenvalue weighted by molar-refractivity contribution is 0.193. The lowest BCUT2D eigenvalue weighted by Gasteiger charge is -2.27. The summed E-state index contributed by atoms with van der Waals surface area (Å²) in [5.41, 5.74) is 2.56. The molecule has 3 nitrogen and oxygen atoms in total. The van der Waals surface area contributed by atoms with Gasteiger partial charge in [-0.3, -0.25) is 4.90 Å². The highest BCUT2D eigenvalue weighted by molar-refractivity contribution is 5.27. The summed E-state index contributed by atoms with van der Waals surface area (Å²) in [5, 5.41) is 0. The quantitative estimate of drug-likeness (QED) is 0.760. The lowest BCUT2D eigenvalue weighted by atomic mass is 10.1. The van der Waals surface area contributed by atoms with Gasteiger partial charge in [0.25, 0.3) is 0 Å². The van der Waals surface area contributed by atoms with E-state index in [0.29, 0.717) is 6.04 Å². The number of aryl methyl sites for hydroxylation is 2. The smallest absolute Gasteiger partial charge is 0.118 e. The Labute approximate surface area is 133 Å². The van der Waals surface area contributed by atoms with Gasteiger partial charge in [0.2, 0.25) is 0 Å². The van der Waals surface area contributed by atoms with Crippen LogP contribution in [0.5, 0.6) is 5.75 Å². The van der Waals surface area contributed by atoms with Gasteiger partial charge in [-0.05, 0) is 63.1 Å². The van der Waals surface area contributed by atoms with E-state index in [9.17, 15) is 0 Å². The van der Waals surface area contributed by atoms with Crippen molar-refractivity contribution in [1.29, 1.82) is 0 Å². The fourth-order valence-corrected chi connectivity index (χ4v) is 2.74. The molecule has 0 amide bonds. The first-order valence-electron chi connectivity index (χ1n) is 7.96. The summed E-state index contributed by atoms with van der Waals surface area (Å²) in [4.78, 5) is 2.45. The van der Waals surface area contributed by atoms with Crippen molar-refractivity contribution in [3.05, 3.63) is 53.0 Å². The van der Waals surface area contributed by atoms with Gasteiger partial charge >= 0.3 is 0 Å². The Morgan fingerprint density at radius 2 is 1.86 bits per heavy atom. The highest BCUT2D eigenvalue weighted by atomic mass is 16.5. The number of hydrogen-bond acceptors (Lipinski definition) is 3. The SMILES string of the molecule is CCN(Cc1cc(C)c(C)o1)C(C)Cc1ccc(OC)cc1. The summed E-state index contributed by atoms with van der Waals surface area (Å²) >= 11 is 0. The zero-order valence-electron chi connectivity index (χ0n) is 14.3. The van der Waals surface area contributed by atoms with Crippen molar-refractivity contribution in [2.24, 2.45) is 0 Å². The molecule has 0 saturated heterocycles. The third-order valence-electron chi connectivity index (χ3n) is 4.30. The van der Waals surface area contributed by atoms with Crippen LogP contribution in [-0.2, 0) is 13.0 Å². The molecule has 0 spiro atoms. The summed E-state index contributed by atoms with van der Waals surface area (Å²) in [6.07, 6.45) is 1.02. The van der Waals surface area contributed by atoms with Crippen molar-refractivity contribution in [3.63, 3.8) is 0 Å². The number of methoxy groups -OCH3 is 1. The van der Waals surface area contributed by atoms with E-state index in [0.717, 1.165) is 36.8 Å². The number of likely N-dealkylation sites (N-methyl/N-ethyl adjacent to an activating group) is 1. The average Bonchev–Trinajstić information content (AvgIpc) is 2.83. The van der Waals surface area contributed by atoms with Gasteiger partial charge in [-0.15, -0.1) is 0 Å². The van der Waals surface area contributed by atoms with E-state index in [1.807, 2.05) is 19.1 Å². The number of rotatable bonds is 7. The molecule has 0 bridgehead atoms. The van der Waals surface area contributed by atoms with E-state index in [4.69, 9.17) is 9.15 Å². The Bertz CT molecular complexity index is 566. The molecule has 1 aromatic heterocycles. The van der Waals surface area contributed by atoms with Gasteiger partial charge in [-0.25, -0.2) is 0 Å². The molecule has 1 heterocycles. The minimum absolute atomic E-state index is 0.462. The van der Waals surface area contributed by atoms with Gasteiger partial charge in [-0.2, -0.15) is 0 Å². The summed E-state index contributed by atoms with van der Waals surface area (Å²) in [6.45, 7) is 10.5. The largest absolute Gasteiger partial charge is 0.497 e. The van der Waals surface area contributed by atoms with Crippen LogP contribution < -0.4 is 4.74 Å². The number of ether oxygens (including phenoxy) is 1. The van der Waals surface area contributed by atoms with Gasteiger partial charge in [0, 0.05) is 6.04 Å². The minimum Gasteiger partial charge on any atom is -0.497 e. The second kappa shape index (κ2) is 7.50. The van der Waals surface area contributed by atoms with Crippen LogP contribution in [0.15, 0.2) is 34.7 Å². The maximum atomic E-state index is 5.82. The summed E-state index contributed by atoms with van der Waals surface area (Å²) in [5.74, 6) is 2.98. The van der Waals surface area contributed by atoms with Gasteiger partial charge in [0.1, 0.15) is 17.3 Å². The standard InChI is InChI=1S/C19H27NO2/c1-6-20(13-19-11-14(2)16(4)22-19)15(3)12-17-7-9-18(21-5)10-8-17/h7-11,15H,6,12-13H2,1-5H3. The molecule has 3 heteroatoms. The van der Waals surface area contributed by atoms with E-state index in [1.54, 1.807) is 7.11 Å². The summed E-state index contributed by atoms with van der Waals surface area (Å²) in [7, 11) is 1.70. The predicted octanol–water partition coefficient (Wildman–Crippen LogP) is 4.36. The van der Waals surface area contributed by atoms with E-state index in [1.165, 1.54) is 11.1 Å². The maximum Gasteiger partial charge on any atom is 0.118 e. The van der Waals surface area contributed by atoms with Crippen molar-refractivity contribution in [1.82, 2.24) is 4.90 Å². The molecule has 1 atom stereocenters. The Morgan fingerprint density at radius 3 is 2.36 bits per heavy atom. The maximum absolute atomic E-state index is 5.82. The van der Waals surface area contributed by atoms with Crippen molar-refractivity contribution >= 4 is 0 Å². The van der Waals surface area contributed by atoms with Gasteiger partial charge in [-0.1, -0.05) is 19.1 Å². The van der Waals surface area contributed by atoms with E-state index < -0.39 is 0 Å². The summed E-state index contributed by atoms with van der Waals surface area (Å²) in [6, 6.07) is 11.0. The van der Waals surface area contributed by atoms with Crippen LogP contribution >= 0.6 is 0 Å². The molecule has 0 radical (unpaired) electrons. The van der Waals surface area contributed by atoms with Crippen molar-refractivity contribution in [2.75, 3.05) is 13.7 Å². The third kappa shape index (κ3) is 4.14. The molecule has 0 saturated carbocycles. The molecular formula is C19H27NO2. The normalized spacial score (nSPS) is 12.6. The van der Waals surface area contributed by atoms with Crippen molar-refractivity contribution in [2.45, 2.75) is 46.7 Å². The zero-order valence-corrected chi connectivity index (χ0v) is 14.3. The van der Waals surface area contributed by atoms with Crippen LogP contribution in [0.4, 0.5) is 0 Å². The number of furan rings is 1. The molecule has 0 N–H and O–H groups in total. The Balaban J connectivity index is 1.99. The van der Waals surface area contributed by atoms with E-state index >= 15 is 0 Å². The molecule has 0 aliphatic heterocycles. The Kier molecular flexibility index (Phi) is 5.67. The lowest BCUT2D eigenvalue weighted by Crippen LogP contribution is -2.33. The topological polar surface area (TPSA) is 25.6 Å². The summed E-state index contributed by atoms with van der Waals surface area (Å²) < 4.78 is 11.0. The van der Waals surface area contributed by atoms with Crippen LogP contribution in [0.25, 0.3) is 0 Å². The number of hydrogen-bond donors (Lipinski definition) is 0. The van der Waals surface area contributed by atoms with Crippen LogP contribution in [-0.4, -0.2) is 24.6 Å². The Morgan fingerprint density at radius 1 is 1.18 bits per heavy atom. The molecule has 0 aliphatic carbocycles. The molecule has 2 rings (SSSR count). The molecule has 1 unspecified atom stereocenters. The van der Waals surface area contributed by atoms with Gasteiger partial charge in [0.05, 0.1) is 13.7 Å². The molecule has 0 aliphatic rings. The molecule has 120 valence electrons. The number of nitrogens with zero attached hydrogens (tertiary/aromatic N) is 1.